The van der Waals surface area contributed by atoms with Gasteiger partial charge in [0.15, 0.2) is 0 Å². The first-order chi connectivity index (χ1) is 11.3. The summed E-state index contributed by atoms with van der Waals surface area (Å²) in [7, 11) is 1.98. The Morgan fingerprint density at radius 1 is 1.09 bits per heavy atom. The van der Waals surface area contributed by atoms with Gasteiger partial charge in [0.2, 0.25) is 0 Å². The molecule has 0 aliphatic carbocycles. The summed E-state index contributed by atoms with van der Waals surface area (Å²) in [6, 6.07) is 15.3. The Morgan fingerprint density at radius 2 is 1.91 bits per heavy atom. The van der Waals surface area contributed by atoms with Gasteiger partial charge >= 0.3 is 0 Å². The molecule has 1 aliphatic heterocycles. The lowest BCUT2D eigenvalue weighted by Gasteiger charge is -2.27. The van der Waals surface area contributed by atoms with Crippen molar-refractivity contribution in [2.45, 2.75) is 6.54 Å². The van der Waals surface area contributed by atoms with Crippen LogP contribution in [0.1, 0.15) is 5.56 Å². The second-order valence-corrected chi connectivity index (χ2v) is 6.09. The monoisotopic (exact) mass is 307 g/mol. The second-order valence-electron chi connectivity index (χ2n) is 6.09. The molecule has 0 radical (unpaired) electrons. The van der Waals surface area contributed by atoms with E-state index >= 15 is 0 Å². The molecule has 2 heterocycles. The van der Waals surface area contributed by atoms with E-state index in [-0.39, 0.29) is 0 Å². The summed E-state index contributed by atoms with van der Waals surface area (Å²) >= 11 is 0. The molecular formula is C19H21N3O. The normalized spacial score (nSPS) is 16.0. The van der Waals surface area contributed by atoms with Crippen LogP contribution in [-0.2, 0) is 18.3 Å². The highest BCUT2D eigenvalue weighted by Gasteiger charge is 2.13. The Morgan fingerprint density at radius 3 is 2.78 bits per heavy atom. The first kappa shape index (κ1) is 14.4. The Hall–Kier alpha value is -2.17. The predicted molar refractivity (Wildman–Crippen MR) is 92.2 cm³/mol. The molecule has 4 heteroatoms. The van der Waals surface area contributed by atoms with Gasteiger partial charge in [-0.2, -0.15) is 5.10 Å². The highest BCUT2D eigenvalue weighted by Crippen LogP contribution is 2.28. The van der Waals surface area contributed by atoms with Gasteiger partial charge in [0.05, 0.1) is 24.9 Å². The van der Waals surface area contributed by atoms with Crippen molar-refractivity contribution < 1.29 is 4.74 Å². The second kappa shape index (κ2) is 6.14. The largest absolute Gasteiger partial charge is 0.379 e. The average Bonchev–Trinajstić information content (AvgIpc) is 2.97. The standard InChI is InChI=1S/C19H21N3O/c1-21-19-7-6-15(12-17(19)13-20-21)18-5-3-2-4-16(18)14-22-8-10-23-11-9-22/h2-7,12-13H,8-11,14H2,1H3. The van der Waals surface area contributed by atoms with E-state index in [0.717, 1.165) is 32.8 Å². The molecule has 1 aliphatic rings. The number of hydrogen-bond donors (Lipinski definition) is 0. The zero-order valence-electron chi connectivity index (χ0n) is 13.4. The van der Waals surface area contributed by atoms with Crippen molar-refractivity contribution in [1.82, 2.24) is 14.7 Å². The number of benzene rings is 2. The van der Waals surface area contributed by atoms with Crippen molar-refractivity contribution >= 4 is 10.9 Å². The van der Waals surface area contributed by atoms with E-state index in [1.54, 1.807) is 0 Å². The fourth-order valence-corrected chi connectivity index (χ4v) is 3.27. The highest BCUT2D eigenvalue weighted by molar-refractivity contribution is 5.85. The average molecular weight is 307 g/mol. The number of morpholine rings is 1. The fourth-order valence-electron chi connectivity index (χ4n) is 3.27. The minimum atomic E-state index is 0.837. The Labute approximate surface area is 136 Å². The third kappa shape index (κ3) is 2.87. The van der Waals surface area contributed by atoms with Crippen molar-refractivity contribution in [2.75, 3.05) is 26.3 Å². The van der Waals surface area contributed by atoms with Gasteiger partial charge in [0, 0.05) is 32.1 Å². The number of fused-ring (bicyclic) bond motifs is 1. The molecule has 4 rings (SSSR count). The topological polar surface area (TPSA) is 30.3 Å². The van der Waals surface area contributed by atoms with Crippen LogP contribution in [0.4, 0.5) is 0 Å². The van der Waals surface area contributed by atoms with Crippen LogP contribution in [-0.4, -0.2) is 41.0 Å². The van der Waals surface area contributed by atoms with Crippen LogP contribution >= 0.6 is 0 Å². The van der Waals surface area contributed by atoms with Gasteiger partial charge < -0.3 is 4.74 Å². The summed E-state index contributed by atoms with van der Waals surface area (Å²) in [6.45, 7) is 4.67. The van der Waals surface area contributed by atoms with E-state index in [9.17, 15) is 0 Å². The van der Waals surface area contributed by atoms with Crippen molar-refractivity contribution in [2.24, 2.45) is 7.05 Å². The molecule has 0 bridgehead atoms. The van der Waals surface area contributed by atoms with E-state index in [1.807, 2.05) is 17.9 Å². The summed E-state index contributed by atoms with van der Waals surface area (Å²) in [4.78, 5) is 2.46. The lowest BCUT2D eigenvalue weighted by molar-refractivity contribution is 0.0342. The lowest BCUT2D eigenvalue weighted by Crippen LogP contribution is -2.35. The molecule has 0 amide bonds. The fraction of sp³-hybridized carbons (Fsp3) is 0.316. The molecule has 0 N–H and O–H groups in total. The number of rotatable bonds is 3. The van der Waals surface area contributed by atoms with Crippen LogP contribution in [0.15, 0.2) is 48.7 Å². The van der Waals surface area contributed by atoms with Crippen LogP contribution in [0.2, 0.25) is 0 Å². The Kier molecular flexibility index (Phi) is 3.85. The minimum absolute atomic E-state index is 0.837. The van der Waals surface area contributed by atoms with E-state index in [1.165, 1.54) is 27.6 Å². The first-order valence-electron chi connectivity index (χ1n) is 8.11. The maximum Gasteiger partial charge on any atom is 0.0679 e. The van der Waals surface area contributed by atoms with E-state index in [2.05, 4.69) is 52.5 Å². The number of hydrogen-bond acceptors (Lipinski definition) is 3. The molecule has 0 saturated carbocycles. The van der Waals surface area contributed by atoms with Crippen LogP contribution < -0.4 is 0 Å². The predicted octanol–water partition coefficient (Wildman–Crippen LogP) is 3.07. The van der Waals surface area contributed by atoms with Crippen molar-refractivity contribution in [3.05, 3.63) is 54.2 Å². The van der Waals surface area contributed by atoms with E-state index in [0.29, 0.717) is 0 Å². The van der Waals surface area contributed by atoms with Gasteiger partial charge in [-0.25, -0.2) is 0 Å². The molecule has 0 spiro atoms. The van der Waals surface area contributed by atoms with Gasteiger partial charge in [-0.05, 0) is 28.8 Å². The zero-order valence-corrected chi connectivity index (χ0v) is 13.4. The maximum absolute atomic E-state index is 5.45. The van der Waals surface area contributed by atoms with Crippen LogP contribution in [0, 0.1) is 0 Å². The molecule has 1 saturated heterocycles. The SMILES string of the molecule is Cn1ncc2cc(-c3ccccc3CN3CCOCC3)ccc21. The van der Waals surface area contributed by atoms with Gasteiger partial charge in [0.25, 0.3) is 0 Å². The van der Waals surface area contributed by atoms with E-state index in [4.69, 9.17) is 4.74 Å². The third-order valence-corrected chi connectivity index (χ3v) is 4.57. The van der Waals surface area contributed by atoms with Crippen LogP contribution in [0.5, 0.6) is 0 Å². The van der Waals surface area contributed by atoms with Gasteiger partial charge in [0.1, 0.15) is 0 Å². The number of ether oxygens (including phenoxy) is 1. The van der Waals surface area contributed by atoms with Crippen molar-refractivity contribution in [1.29, 1.82) is 0 Å². The van der Waals surface area contributed by atoms with Crippen LogP contribution in [0.3, 0.4) is 0 Å². The zero-order chi connectivity index (χ0) is 15.6. The van der Waals surface area contributed by atoms with Gasteiger partial charge in [-0.15, -0.1) is 0 Å². The van der Waals surface area contributed by atoms with E-state index < -0.39 is 0 Å². The molecule has 118 valence electrons. The Bertz CT molecular complexity index is 818. The quantitative estimate of drug-likeness (QED) is 0.745. The van der Waals surface area contributed by atoms with Crippen LogP contribution in [0.25, 0.3) is 22.0 Å². The van der Waals surface area contributed by atoms with Gasteiger partial charge in [-0.1, -0.05) is 30.3 Å². The number of aromatic nitrogens is 2. The molecule has 23 heavy (non-hydrogen) atoms. The highest BCUT2D eigenvalue weighted by atomic mass is 16.5. The van der Waals surface area contributed by atoms with Crippen molar-refractivity contribution in [3.63, 3.8) is 0 Å². The summed E-state index contributed by atoms with van der Waals surface area (Å²) in [6.07, 6.45) is 1.93. The number of aryl methyl sites for hydroxylation is 1. The summed E-state index contributed by atoms with van der Waals surface area (Å²) in [5.74, 6) is 0. The molecule has 1 aromatic heterocycles. The molecule has 1 fully saturated rings. The summed E-state index contributed by atoms with van der Waals surface area (Å²) in [5, 5.41) is 5.53. The Balaban J connectivity index is 1.69. The molecule has 4 nitrogen and oxygen atoms in total. The van der Waals surface area contributed by atoms with Gasteiger partial charge in [-0.3, -0.25) is 9.58 Å². The first-order valence-corrected chi connectivity index (χ1v) is 8.11. The summed E-state index contributed by atoms with van der Waals surface area (Å²) < 4.78 is 7.37. The van der Waals surface area contributed by atoms with Crippen molar-refractivity contribution in [3.8, 4) is 11.1 Å². The molecule has 0 unspecified atom stereocenters. The maximum atomic E-state index is 5.45. The summed E-state index contributed by atoms with van der Waals surface area (Å²) in [5.41, 5.74) is 5.11. The smallest absolute Gasteiger partial charge is 0.0679 e. The third-order valence-electron chi connectivity index (χ3n) is 4.57. The molecule has 0 atom stereocenters. The molecular weight excluding hydrogens is 286 g/mol. The minimum Gasteiger partial charge on any atom is -0.379 e. The number of nitrogens with zero attached hydrogens (tertiary/aromatic N) is 3. The lowest BCUT2D eigenvalue weighted by atomic mass is 9.98. The molecule has 3 aromatic rings. The molecule has 2 aromatic carbocycles.